The average Bonchev–Trinajstić information content (AvgIpc) is 2.48. The van der Waals surface area contributed by atoms with Crippen LogP contribution in [0.15, 0.2) is 30.3 Å². The van der Waals surface area contributed by atoms with E-state index < -0.39 is 0 Å². The summed E-state index contributed by atoms with van der Waals surface area (Å²) in [5, 5.41) is 3.57. The zero-order chi connectivity index (χ0) is 14.2. The van der Waals surface area contributed by atoms with Gasteiger partial charge in [0.05, 0.1) is 13.2 Å². The van der Waals surface area contributed by atoms with Gasteiger partial charge in [-0.25, -0.2) is 0 Å². The van der Waals surface area contributed by atoms with E-state index in [0.29, 0.717) is 11.6 Å². The quantitative estimate of drug-likeness (QED) is 0.842. The number of hydrogen-bond acceptors (Lipinski definition) is 3. The van der Waals surface area contributed by atoms with Crippen molar-refractivity contribution in [2.45, 2.75) is 0 Å². The van der Waals surface area contributed by atoms with Gasteiger partial charge in [-0.2, -0.15) is 0 Å². The maximum Gasteiger partial charge on any atom is 0.244 e. The van der Waals surface area contributed by atoms with Crippen LogP contribution in [-0.2, 0) is 9.53 Å². The van der Waals surface area contributed by atoms with Gasteiger partial charge in [0, 0.05) is 37.3 Å². The Balaban J connectivity index is 1.68. The summed E-state index contributed by atoms with van der Waals surface area (Å²) in [6, 6.07) is 7.36. The first-order chi connectivity index (χ1) is 9.74. The molecule has 0 aliphatic carbocycles. The van der Waals surface area contributed by atoms with Crippen LogP contribution in [-0.4, -0.2) is 50.2 Å². The van der Waals surface area contributed by atoms with Crippen molar-refractivity contribution in [2.75, 3.05) is 39.4 Å². The summed E-state index contributed by atoms with van der Waals surface area (Å²) in [4.78, 5) is 13.9. The van der Waals surface area contributed by atoms with Gasteiger partial charge in [0.1, 0.15) is 0 Å². The molecule has 0 radical (unpaired) electrons. The first kappa shape index (κ1) is 15.0. The second-order valence-electron chi connectivity index (χ2n) is 4.63. The predicted molar refractivity (Wildman–Crippen MR) is 80.8 cm³/mol. The number of carbonyl (C=O) groups is 1. The Morgan fingerprint density at radius 1 is 1.30 bits per heavy atom. The standard InChI is InChI=1S/C15H19ClN2O2/c16-14-4-1-13(2-5-14)3-6-15(19)17-7-8-18-9-11-20-12-10-18/h1-6H,7-12H2,(H,17,19)/b6-3+. The van der Waals surface area contributed by atoms with Gasteiger partial charge in [-0.3, -0.25) is 9.69 Å². The highest BCUT2D eigenvalue weighted by Crippen LogP contribution is 2.10. The molecule has 0 aromatic heterocycles. The summed E-state index contributed by atoms with van der Waals surface area (Å²) < 4.78 is 5.27. The lowest BCUT2D eigenvalue weighted by atomic mass is 10.2. The van der Waals surface area contributed by atoms with Crippen LogP contribution in [0, 0.1) is 0 Å². The Morgan fingerprint density at radius 3 is 2.70 bits per heavy atom. The number of halogens is 1. The number of rotatable bonds is 5. The number of benzene rings is 1. The highest BCUT2D eigenvalue weighted by molar-refractivity contribution is 6.30. The van der Waals surface area contributed by atoms with E-state index in [1.165, 1.54) is 0 Å². The van der Waals surface area contributed by atoms with Gasteiger partial charge >= 0.3 is 0 Å². The number of ether oxygens (including phenoxy) is 1. The molecule has 1 saturated heterocycles. The SMILES string of the molecule is O=C(/C=C/c1ccc(Cl)cc1)NCCN1CCOCC1. The van der Waals surface area contributed by atoms with Crippen LogP contribution in [0.25, 0.3) is 6.08 Å². The largest absolute Gasteiger partial charge is 0.379 e. The molecule has 0 saturated carbocycles. The summed E-state index contributed by atoms with van der Waals surface area (Å²) in [5.41, 5.74) is 0.956. The smallest absolute Gasteiger partial charge is 0.244 e. The number of nitrogens with zero attached hydrogens (tertiary/aromatic N) is 1. The van der Waals surface area contributed by atoms with Gasteiger partial charge in [-0.1, -0.05) is 23.7 Å². The van der Waals surface area contributed by atoms with Crippen molar-refractivity contribution in [3.8, 4) is 0 Å². The van der Waals surface area contributed by atoms with Crippen LogP contribution in [0.4, 0.5) is 0 Å². The van der Waals surface area contributed by atoms with Crippen molar-refractivity contribution in [1.82, 2.24) is 10.2 Å². The minimum absolute atomic E-state index is 0.0757. The van der Waals surface area contributed by atoms with E-state index in [9.17, 15) is 4.79 Å². The van der Waals surface area contributed by atoms with E-state index >= 15 is 0 Å². The summed E-state index contributed by atoms with van der Waals surface area (Å²) >= 11 is 5.80. The number of carbonyl (C=O) groups excluding carboxylic acids is 1. The molecule has 1 fully saturated rings. The van der Waals surface area contributed by atoms with Gasteiger partial charge in [0.15, 0.2) is 0 Å². The molecule has 0 unspecified atom stereocenters. The predicted octanol–water partition coefficient (Wildman–Crippen LogP) is 1.80. The molecule has 2 rings (SSSR count). The molecule has 1 aliphatic rings. The van der Waals surface area contributed by atoms with E-state index in [0.717, 1.165) is 38.4 Å². The third kappa shape index (κ3) is 5.33. The summed E-state index contributed by atoms with van der Waals surface area (Å²) in [7, 11) is 0. The molecule has 1 amide bonds. The third-order valence-electron chi connectivity index (χ3n) is 3.13. The molecule has 1 aromatic rings. The molecule has 0 atom stereocenters. The molecule has 1 N–H and O–H groups in total. The number of hydrogen-bond donors (Lipinski definition) is 1. The molecule has 5 heteroatoms. The fraction of sp³-hybridized carbons (Fsp3) is 0.400. The maximum atomic E-state index is 11.7. The molecular formula is C15H19ClN2O2. The highest BCUT2D eigenvalue weighted by Gasteiger charge is 2.09. The molecule has 20 heavy (non-hydrogen) atoms. The number of amides is 1. The molecule has 108 valence electrons. The Morgan fingerprint density at radius 2 is 2.00 bits per heavy atom. The van der Waals surface area contributed by atoms with Crippen LogP contribution >= 0.6 is 11.6 Å². The van der Waals surface area contributed by atoms with E-state index in [1.54, 1.807) is 24.3 Å². The Hall–Kier alpha value is -1.36. The van der Waals surface area contributed by atoms with Crippen molar-refractivity contribution in [2.24, 2.45) is 0 Å². The number of nitrogens with one attached hydrogen (secondary N) is 1. The maximum absolute atomic E-state index is 11.7. The third-order valence-corrected chi connectivity index (χ3v) is 3.38. The monoisotopic (exact) mass is 294 g/mol. The van der Waals surface area contributed by atoms with Crippen LogP contribution < -0.4 is 5.32 Å². The minimum Gasteiger partial charge on any atom is -0.379 e. The lowest BCUT2D eigenvalue weighted by Crippen LogP contribution is -2.41. The Labute approximate surface area is 124 Å². The fourth-order valence-corrected chi connectivity index (χ4v) is 2.09. The van der Waals surface area contributed by atoms with Crippen LogP contribution in [0.2, 0.25) is 5.02 Å². The molecule has 0 spiro atoms. The normalized spacial score (nSPS) is 16.4. The van der Waals surface area contributed by atoms with Gasteiger partial charge in [-0.15, -0.1) is 0 Å². The molecule has 0 bridgehead atoms. The van der Waals surface area contributed by atoms with Crippen LogP contribution in [0.3, 0.4) is 0 Å². The van der Waals surface area contributed by atoms with E-state index in [2.05, 4.69) is 10.2 Å². The van der Waals surface area contributed by atoms with Crippen LogP contribution in [0.1, 0.15) is 5.56 Å². The van der Waals surface area contributed by atoms with Crippen molar-refractivity contribution < 1.29 is 9.53 Å². The first-order valence-electron chi connectivity index (χ1n) is 6.75. The second-order valence-corrected chi connectivity index (χ2v) is 5.07. The summed E-state index contributed by atoms with van der Waals surface area (Å²) in [6.45, 7) is 4.97. The first-order valence-corrected chi connectivity index (χ1v) is 7.13. The van der Waals surface area contributed by atoms with Gasteiger partial charge in [0.25, 0.3) is 0 Å². The molecular weight excluding hydrogens is 276 g/mol. The lowest BCUT2D eigenvalue weighted by Gasteiger charge is -2.26. The fourth-order valence-electron chi connectivity index (χ4n) is 1.97. The Bertz CT molecular complexity index is 453. The number of morpholine rings is 1. The van der Waals surface area contributed by atoms with Gasteiger partial charge < -0.3 is 10.1 Å². The summed E-state index contributed by atoms with van der Waals surface area (Å²) in [6.07, 6.45) is 3.32. The zero-order valence-corrected chi connectivity index (χ0v) is 12.1. The lowest BCUT2D eigenvalue weighted by molar-refractivity contribution is -0.116. The minimum atomic E-state index is -0.0757. The van der Waals surface area contributed by atoms with Gasteiger partial charge in [-0.05, 0) is 23.8 Å². The average molecular weight is 295 g/mol. The molecule has 1 heterocycles. The van der Waals surface area contributed by atoms with Crippen molar-refractivity contribution in [3.05, 3.63) is 40.9 Å². The van der Waals surface area contributed by atoms with Gasteiger partial charge in [0.2, 0.25) is 5.91 Å². The topological polar surface area (TPSA) is 41.6 Å². The van der Waals surface area contributed by atoms with E-state index in [-0.39, 0.29) is 5.91 Å². The second kappa shape index (κ2) is 8.04. The van der Waals surface area contributed by atoms with Crippen molar-refractivity contribution in [1.29, 1.82) is 0 Å². The van der Waals surface area contributed by atoms with E-state index in [1.807, 2.05) is 12.1 Å². The van der Waals surface area contributed by atoms with Crippen molar-refractivity contribution in [3.63, 3.8) is 0 Å². The molecule has 1 aliphatic heterocycles. The van der Waals surface area contributed by atoms with E-state index in [4.69, 9.17) is 16.3 Å². The molecule has 1 aromatic carbocycles. The molecule has 4 nitrogen and oxygen atoms in total. The Kier molecular flexibility index (Phi) is 6.05. The van der Waals surface area contributed by atoms with Crippen molar-refractivity contribution >= 4 is 23.6 Å². The zero-order valence-electron chi connectivity index (χ0n) is 11.3. The summed E-state index contributed by atoms with van der Waals surface area (Å²) in [5.74, 6) is -0.0757. The van der Waals surface area contributed by atoms with Crippen LogP contribution in [0.5, 0.6) is 0 Å². The highest BCUT2D eigenvalue weighted by atomic mass is 35.5.